The smallest absolute Gasteiger partial charge is 0.335 e. The zero-order valence-electron chi connectivity index (χ0n) is 21.9. The van der Waals surface area contributed by atoms with Crippen LogP contribution in [0.25, 0.3) is 22.3 Å². The number of hydrogen-bond donors (Lipinski definition) is 2. The lowest BCUT2D eigenvalue weighted by Gasteiger charge is -2.23. The fraction of sp³-hybridized carbons (Fsp3) is 0.0882. The van der Waals surface area contributed by atoms with Crippen molar-refractivity contribution >= 4 is 12.0 Å². The van der Waals surface area contributed by atoms with Crippen molar-refractivity contribution < 1.29 is 14.7 Å². The highest BCUT2D eigenvalue weighted by Gasteiger charge is 2.15. The predicted octanol–water partition coefficient (Wildman–Crippen LogP) is 7.03. The minimum Gasteiger partial charge on any atom is -0.478 e. The van der Waals surface area contributed by atoms with Crippen molar-refractivity contribution in [3.63, 3.8) is 0 Å². The Morgan fingerprint density at radius 2 is 1.18 bits per heavy atom. The van der Waals surface area contributed by atoms with Gasteiger partial charge in [0.25, 0.3) is 0 Å². The monoisotopic (exact) mass is 527 g/mol. The van der Waals surface area contributed by atoms with Gasteiger partial charge in [0.15, 0.2) is 0 Å². The highest BCUT2D eigenvalue weighted by molar-refractivity contribution is 5.88. The molecule has 1 aromatic heterocycles. The molecular formula is C34H29N3O3. The maximum Gasteiger partial charge on any atom is 0.335 e. The normalized spacial score (nSPS) is 10.6. The number of urea groups is 1. The van der Waals surface area contributed by atoms with E-state index >= 15 is 0 Å². The van der Waals surface area contributed by atoms with Crippen molar-refractivity contribution in [1.29, 1.82) is 0 Å². The first kappa shape index (κ1) is 26.4. The molecule has 2 N–H and O–H groups in total. The Bertz CT molecular complexity index is 1550. The lowest BCUT2D eigenvalue weighted by atomic mass is 10.0. The van der Waals surface area contributed by atoms with E-state index in [-0.39, 0.29) is 11.6 Å². The predicted molar refractivity (Wildman–Crippen MR) is 156 cm³/mol. The number of carboxylic acids is 1. The van der Waals surface area contributed by atoms with E-state index in [2.05, 4.69) is 34.6 Å². The molecule has 5 aromatic rings. The van der Waals surface area contributed by atoms with Crippen LogP contribution in [0.3, 0.4) is 0 Å². The van der Waals surface area contributed by atoms with E-state index in [1.807, 2.05) is 66.7 Å². The molecule has 0 bridgehead atoms. The molecule has 0 saturated heterocycles. The molecule has 4 aromatic carbocycles. The molecule has 1 heterocycles. The molecule has 6 heteroatoms. The number of amides is 2. The minimum absolute atomic E-state index is 0.163. The van der Waals surface area contributed by atoms with Gasteiger partial charge in [0.1, 0.15) is 0 Å². The Morgan fingerprint density at radius 1 is 0.625 bits per heavy atom. The number of rotatable bonds is 9. The molecule has 40 heavy (non-hydrogen) atoms. The molecule has 0 aliphatic rings. The first-order chi connectivity index (χ1) is 19.5. The van der Waals surface area contributed by atoms with E-state index in [1.54, 1.807) is 41.6 Å². The van der Waals surface area contributed by atoms with Crippen LogP contribution in [0.1, 0.15) is 27.0 Å². The van der Waals surface area contributed by atoms with Gasteiger partial charge in [0.05, 0.1) is 5.56 Å². The molecule has 0 saturated carbocycles. The summed E-state index contributed by atoms with van der Waals surface area (Å²) in [5.41, 5.74) is 7.40. The topological polar surface area (TPSA) is 82.5 Å². The summed E-state index contributed by atoms with van der Waals surface area (Å²) in [5.74, 6) is -0.946. The van der Waals surface area contributed by atoms with Crippen LogP contribution in [-0.4, -0.2) is 27.0 Å². The van der Waals surface area contributed by atoms with E-state index in [0.29, 0.717) is 19.6 Å². The Balaban J connectivity index is 1.26. The average molecular weight is 528 g/mol. The molecule has 5 rings (SSSR count). The molecule has 0 radical (unpaired) electrons. The summed E-state index contributed by atoms with van der Waals surface area (Å²) in [5, 5.41) is 12.2. The Hall–Kier alpha value is -5.23. The summed E-state index contributed by atoms with van der Waals surface area (Å²) in [6.07, 6.45) is 3.49. The maximum atomic E-state index is 13.3. The minimum atomic E-state index is -0.946. The largest absolute Gasteiger partial charge is 0.478 e. The first-order valence-corrected chi connectivity index (χ1v) is 13.0. The first-order valence-electron chi connectivity index (χ1n) is 13.0. The van der Waals surface area contributed by atoms with Gasteiger partial charge in [0, 0.05) is 32.0 Å². The van der Waals surface area contributed by atoms with Gasteiger partial charge in [-0.15, -0.1) is 0 Å². The van der Waals surface area contributed by atoms with Gasteiger partial charge in [-0.2, -0.15) is 0 Å². The van der Waals surface area contributed by atoms with Gasteiger partial charge in [-0.05, 0) is 57.1 Å². The molecule has 0 unspecified atom stereocenters. The van der Waals surface area contributed by atoms with Crippen molar-refractivity contribution in [2.24, 2.45) is 0 Å². The van der Waals surface area contributed by atoms with Crippen molar-refractivity contribution in [1.82, 2.24) is 15.2 Å². The lowest BCUT2D eigenvalue weighted by molar-refractivity contribution is 0.0697. The second kappa shape index (κ2) is 12.5. The molecule has 0 aliphatic heterocycles. The zero-order chi connectivity index (χ0) is 27.7. The maximum absolute atomic E-state index is 13.3. The third kappa shape index (κ3) is 6.79. The molecule has 0 atom stereocenters. The van der Waals surface area contributed by atoms with Gasteiger partial charge >= 0.3 is 12.0 Å². The standard InChI is InChI=1S/C34H29N3O3/c38-33(39)32-18-16-31(17-19-32)30-14-10-26(11-15-30)23-37(24-27-5-4-20-35-21-27)34(40)36-22-25-8-12-29(13-9-25)28-6-2-1-3-7-28/h1-21H,22-24H2,(H,36,40)(H,38,39). The Morgan fingerprint density at radius 3 is 1.75 bits per heavy atom. The van der Waals surface area contributed by atoms with E-state index < -0.39 is 5.97 Å². The number of nitrogens with one attached hydrogen (secondary N) is 1. The number of benzene rings is 4. The average Bonchev–Trinajstić information content (AvgIpc) is 3.01. The highest BCUT2D eigenvalue weighted by atomic mass is 16.4. The third-order valence-electron chi connectivity index (χ3n) is 6.68. The molecular weight excluding hydrogens is 498 g/mol. The van der Waals surface area contributed by atoms with Crippen molar-refractivity contribution in [3.8, 4) is 22.3 Å². The molecule has 0 spiro atoms. The van der Waals surface area contributed by atoms with Crippen LogP contribution in [0.5, 0.6) is 0 Å². The van der Waals surface area contributed by atoms with E-state index in [1.165, 1.54) is 0 Å². The summed E-state index contributed by atoms with van der Waals surface area (Å²) in [7, 11) is 0. The number of hydrogen-bond acceptors (Lipinski definition) is 3. The third-order valence-corrected chi connectivity index (χ3v) is 6.68. The number of nitrogens with zero attached hydrogens (tertiary/aromatic N) is 2. The van der Waals surface area contributed by atoms with Crippen LogP contribution < -0.4 is 5.32 Å². The molecule has 0 fully saturated rings. The van der Waals surface area contributed by atoms with E-state index in [0.717, 1.165) is 38.9 Å². The second-order valence-electron chi connectivity index (χ2n) is 9.52. The van der Waals surface area contributed by atoms with Crippen molar-refractivity contribution in [2.45, 2.75) is 19.6 Å². The molecule has 198 valence electrons. The fourth-order valence-corrected chi connectivity index (χ4v) is 4.47. The summed E-state index contributed by atoms with van der Waals surface area (Å²) in [6, 6.07) is 36.8. The number of pyridine rings is 1. The van der Waals surface area contributed by atoms with Crippen LogP contribution in [-0.2, 0) is 19.6 Å². The zero-order valence-corrected chi connectivity index (χ0v) is 21.9. The van der Waals surface area contributed by atoms with Gasteiger partial charge in [-0.3, -0.25) is 4.98 Å². The summed E-state index contributed by atoms with van der Waals surface area (Å²) < 4.78 is 0. The fourth-order valence-electron chi connectivity index (χ4n) is 4.47. The molecule has 6 nitrogen and oxygen atoms in total. The van der Waals surface area contributed by atoms with Crippen molar-refractivity contribution in [2.75, 3.05) is 0 Å². The number of carbonyl (C=O) groups is 2. The summed E-state index contributed by atoms with van der Waals surface area (Å²) >= 11 is 0. The number of aromatic carboxylic acids is 1. The SMILES string of the molecule is O=C(O)c1ccc(-c2ccc(CN(Cc3cccnc3)C(=O)NCc3ccc(-c4ccccc4)cc3)cc2)cc1. The van der Waals surface area contributed by atoms with Gasteiger partial charge in [0.2, 0.25) is 0 Å². The van der Waals surface area contributed by atoms with Crippen LogP contribution >= 0.6 is 0 Å². The second-order valence-corrected chi connectivity index (χ2v) is 9.52. The lowest BCUT2D eigenvalue weighted by Crippen LogP contribution is -2.38. The number of aromatic nitrogens is 1. The quantitative estimate of drug-likeness (QED) is 0.216. The molecule has 0 aliphatic carbocycles. The van der Waals surface area contributed by atoms with Crippen molar-refractivity contribution in [3.05, 3.63) is 150 Å². The number of carbonyl (C=O) groups excluding carboxylic acids is 1. The van der Waals surface area contributed by atoms with E-state index in [4.69, 9.17) is 5.11 Å². The van der Waals surface area contributed by atoms with Crippen LogP contribution in [0, 0.1) is 0 Å². The van der Waals surface area contributed by atoms with Crippen LogP contribution in [0.4, 0.5) is 4.79 Å². The van der Waals surface area contributed by atoms with Gasteiger partial charge < -0.3 is 15.3 Å². The Kier molecular flexibility index (Phi) is 8.27. The molecule has 2 amide bonds. The van der Waals surface area contributed by atoms with Crippen LogP contribution in [0.15, 0.2) is 128 Å². The van der Waals surface area contributed by atoms with Crippen LogP contribution in [0.2, 0.25) is 0 Å². The van der Waals surface area contributed by atoms with E-state index in [9.17, 15) is 9.59 Å². The number of carboxylic acid groups (broad SMARTS) is 1. The van der Waals surface area contributed by atoms with Gasteiger partial charge in [-0.25, -0.2) is 9.59 Å². The summed E-state index contributed by atoms with van der Waals surface area (Å²) in [4.78, 5) is 30.4. The Labute approximate surface area is 233 Å². The summed E-state index contributed by atoms with van der Waals surface area (Å²) in [6.45, 7) is 1.26. The highest BCUT2D eigenvalue weighted by Crippen LogP contribution is 2.22. The van der Waals surface area contributed by atoms with Gasteiger partial charge in [-0.1, -0.05) is 97.1 Å².